The molecule has 0 aromatic heterocycles. The Morgan fingerprint density at radius 1 is 0.575 bits per heavy atom. The molecule has 0 aromatic carbocycles. The van der Waals surface area contributed by atoms with E-state index in [9.17, 15) is 5.11 Å². The minimum Gasteiger partial charge on any atom is -0.396 e. The van der Waals surface area contributed by atoms with Crippen molar-refractivity contribution < 1.29 is 14.6 Å². The van der Waals surface area contributed by atoms with Crippen molar-refractivity contribution in [3.8, 4) is 0 Å². The van der Waals surface area contributed by atoms with Crippen molar-refractivity contribution in [2.24, 2.45) is 0 Å². The molecule has 40 heavy (non-hydrogen) atoms. The fraction of sp³-hybridized carbons (Fsp3) is 1.00. The minimum atomic E-state index is -0.378. The molecular weight excluding hydrogens is 573 g/mol. The Bertz CT molecular complexity index is 480. The largest absolute Gasteiger partial charge is 0.396 e. The van der Waals surface area contributed by atoms with Gasteiger partial charge in [0, 0.05) is 29.6 Å². The summed E-state index contributed by atoms with van der Waals surface area (Å²) in [6.45, 7) is 5.41. The van der Waals surface area contributed by atoms with Crippen molar-refractivity contribution in [2.45, 2.75) is 161 Å². The SMILES string of the molecule is CCCCCSCSCCCCCCCCC1(CCCCCCCCSCSCCCCC)OCC(CCO)O1. The third kappa shape index (κ3) is 23.7. The van der Waals surface area contributed by atoms with Crippen LogP contribution in [0.3, 0.4) is 0 Å². The molecule has 1 N–H and O–H groups in total. The van der Waals surface area contributed by atoms with Gasteiger partial charge in [0.05, 0.1) is 12.7 Å². The zero-order chi connectivity index (χ0) is 28.8. The quantitative estimate of drug-likeness (QED) is 0.0580. The predicted octanol–water partition coefficient (Wildman–Crippen LogP) is 11.2. The van der Waals surface area contributed by atoms with Crippen molar-refractivity contribution >= 4 is 47.0 Å². The first-order valence-corrected chi connectivity index (χ1v) is 21.6. The van der Waals surface area contributed by atoms with E-state index in [-0.39, 0.29) is 18.5 Å². The Hall–Kier alpha value is 1.28. The summed E-state index contributed by atoms with van der Waals surface area (Å²) in [6.07, 6.45) is 26.9. The molecule has 0 aromatic rings. The molecule has 1 atom stereocenters. The smallest absolute Gasteiger partial charge is 0.168 e. The standard InChI is InChI=1S/C33H66O3S4/c1-3-5-17-25-37-30-39-27-19-13-9-7-11-15-22-33(35-29-32(36-33)21-24-34)23-16-12-8-10-14-20-28-40-31-38-26-18-6-4-2/h32,34H,3-31H2,1-2H3. The van der Waals surface area contributed by atoms with Crippen LogP contribution in [-0.2, 0) is 9.47 Å². The van der Waals surface area contributed by atoms with E-state index in [1.165, 1.54) is 149 Å². The molecule has 0 aliphatic carbocycles. The second-order valence-corrected chi connectivity index (χ2v) is 16.7. The Balaban J connectivity index is 2.03. The van der Waals surface area contributed by atoms with E-state index < -0.39 is 0 Å². The first kappa shape index (κ1) is 39.3. The fourth-order valence-corrected chi connectivity index (χ4v) is 9.62. The van der Waals surface area contributed by atoms with Crippen molar-refractivity contribution in [1.29, 1.82) is 0 Å². The highest BCUT2D eigenvalue weighted by Gasteiger charge is 2.40. The highest BCUT2D eigenvalue weighted by Crippen LogP contribution is 2.35. The zero-order valence-corrected chi connectivity index (χ0v) is 29.7. The lowest BCUT2D eigenvalue weighted by molar-refractivity contribution is -0.180. The molecule has 0 radical (unpaired) electrons. The van der Waals surface area contributed by atoms with Gasteiger partial charge < -0.3 is 14.6 Å². The number of rotatable bonds is 32. The summed E-state index contributed by atoms with van der Waals surface area (Å²) in [4.78, 5) is 0. The molecule has 1 unspecified atom stereocenters. The maximum absolute atomic E-state index is 9.37. The van der Waals surface area contributed by atoms with Crippen LogP contribution in [0, 0.1) is 0 Å². The zero-order valence-electron chi connectivity index (χ0n) is 26.5. The molecule has 7 heteroatoms. The molecule has 1 heterocycles. The Labute approximate surface area is 267 Å². The summed E-state index contributed by atoms with van der Waals surface area (Å²) in [5.74, 6) is 4.96. The molecular formula is C33H66O3S4. The van der Waals surface area contributed by atoms with Gasteiger partial charge in [-0.05, 0) is 68.0 Å². The molecule has 1 aliphatic rings. The fourth-order valence-electron chi connectivity index (χ4n) is 5.16. The summed E-state index contributed by atoms with van der Waals surface area (Å²) in [6, 6.07) is 0. The number of thioether (sulfide) groups is 4. The average Bonchev–Trinajstić information content (AvgIpc) is 3.36. The lowest BCUT2D eigenvalue weighted by Gasteiger charge is -2.28. The van der Waals surface area contributed by atoms with Gasteiger partial charge in [-0.2, -0.15) is 47.0 Å². The van der Waals surface area contributed by atoms with Crippen molar-refractivity contribution in [3.63, 3.8) is 0 Å². The van der Waals surface area contributed by atoms with Crippen LogP contribution in [0.25, 0.3) is 0 Å². The van der Waals surface area contributed by atoms with E-state index >= 15 is 0 Å². The Morgan fingerprint density at radius 2 is 0.975 bits per heavy atom. The van der Waals surface area contributed by atoms with E-state index in [1.54, 1.807) is 0 Å². The van der Waals surface area contributed by atoms with E-state index in [0.29, 0.717) is 13.0 Å². The molecule has 3 nitrogen and oxygen atoms in total. The van der Waals surface area contributed by atoms with Crippen LogP contribution in [0.2, 0.25) is 0 Å². The highest BCUT2D eigenvalue weighted by atomic mass is 32.2. The molecule has 1 aliphatic heterocycles. The molecule has 0 spiro atoms. The number of aliphatic hydroxyl groups excluding tert-OH is 1. The third-order valence-corrected chi connectivity index (χ3v) is 12.7. The van der Waals surface area contributed by atoms with Gasteiger partial charge in [0.25, 0.3) is 0 Å². The summed E-state index contributed by atoms with van der Waals surface area (Å²) in [5, 5.41) is 11.9. The second-order valence-electron chi connectivity index (χ2n) is 11.5. The van der Waals surface area contributed by atoms with E-state index in [2.05, 4.69) is 60.9 Å². The van der Waals surface area contributed by atoms with Crippen molar-refractivity contribution in [2.75, 3.05) is 46.4 Å². The molecule has 240 valence electrons. The van der Waals surface area contributed by atoms with Gasteiger partial charge in [0.15, 0.2) is 5.79 Å². The lowest BCUT2D eigenvalue weighted by atomic mass is 9.99. The first-order valence-electron chi connectivity index (χ1n) is 17.0. The van der Waals surface area contributed by atoms with Gasteiger partial charge in [0.2, 0.25) is 0 Å². The first-order chi connectivity index (χ1) is 19.8. The van der Waals surface area contributed by atoms with E-state index in [1.807, 2.05) is 0 Å². The van der Waals surface area contributed by atoms with Crippen LogP contribution in [0.4, 0.5) is 0 Å². The van der Waals surface area contributed by atoms with Crippen LogP contribution in [0.15, 0.2) is 0 Å². The van der Waals surface area contributed by atoms with Gasteiger partial charge in [-0.3, -0.25) is 0 Å². The minimum absolute atomic E-state index is 0.0783. The summed E-state index contributed by atoms with van der Waals surface area (Å²) in [7, 11) is 0. The van der Waals surface area contributed by atoms with Crippen LogP contribution < -0.4 is 0 Å². The second kappa shape index (κ2) is 30.3. The predicted molar refractivity (Wildman–Crippen MR) is 189 cm³/mol. The van der Waals surface area contributed by atoms with Crippen LogP contribution >= 0.6 is 47.0 Å². The van der Waals surface area contributed by atoms with Gasteiger partial charge in [0.1, 0.15) is 0 Å². The van der Waals surface area contributed by atoms with Crippen molar-refractivity contribution in [1.82, 2.24) is 0 Å². The van der Waals surface area contributed by atoms with Crippen LogP contribution in [0.1, 0.15) is 149 Å². The summed E-state index contributed by atoms with van der Waals surface area (Å²) >= 11 is 8.50. The van der Waals surface area contributed by atoms with Crippen LogP contribution in [0.5, 0.6) is 0 Å². The van der Waals surface area contributed by atoms with Gasteiger partial charge in [-0.1, -0.05) is 90.9 Å². The summed E-state index contributed by atoms with van der Waals surface area (Å²) in [5.41, 5.74) is 0. The van der Waals surface area contributed by atoms with Crippen molar-refractivity contribution in [3.05, 3.63) is 0 Å². The topological polar surface area (TPSA) is 38.7 Å². The molecule has 1 saturated heterocycles. The number of hydrogen-bond acceptors (Lipinski definition) is 7. The molecule has 0 bridgehead atoms. The number of unbranched alkanes of at least 4 members (excludes halogenated alkanes) is 14. The number of hydrogen-bond donors (Lipinski definition) is 1. The number of ether oxygens (including phenoxy) is 2. The monoisotopic (exact) mass is 638 g/mol. The molecule has 0 saturated carbocycles. The summed E-state index contributed by atoms with van der Waals surface area (Å²) < 4.78 is 12.7. The Kier molecular flexibility index (Phi) is 29.8. The Morgan fingerprint density at radius 3 is 1.40 bits per heavy atom. The van der Waals surface area contributed by atoms with E-state index in [0.717, 1.165) is 12.8 Å². The maximum atomic E-state index is 9.37. The third-order valence-electron chi connectivity index (χ3n) is 7.68. The van der Waals surface area contributed by atoms with Gasteiger partial charge >= 0.3 is 0 Å². The van der Waals surface area contributed by atoms with E-state index in [4.69, 9.17) is 9.47 Å². The maximum Gasteiger partial charge on any atom is 0.168 e. The molecule has 1 fully saturated rings. The van der Waals surface area contributed by atoms with Gasteiger partial charge in [-0.15, -0.1) is 0 Å². The lowest BCUT2D eigenvalue weighted by Crippen LogP contribution is -2.31. The van der Waals surface area contributed by atoms with Gasteiger partial charge in [-0.25, -0.2) is 0 Å². The molecule has 1 rings (SSSR count). The highest BCUT2D eigenvalue weighted by molar-refractivity contribution is 8.16. The molecule has 0 amide bonds. The normalized spacial score (nSPS) is 16.7. The number of aliphatic hydroxyl groups is 1. The van der Waals surface area contributed by atoms with Crippen LogP contribution in [-0.4, -0.2) is 63.4 Å². The average molecular weight is 639 g/mol.